The Morgan fingerprint density at radius 2 is 1.82 bits per heavy atom. The molecule has 2 aromatic rings. The number of anilines is 3. The predicted octanol–water partition coefficient (Wildman–Crippen LogP) is 5.05. The van der Waals surface area contributed by atoms with E-state index in [1.165, 1.54) is 12.1 Å². The number of aldehydes is 1. The first-order valence-electron chi connectivity index (χ1n) is 11.5. The highest BCUT2D eigenvalue weighted by molar-refractivity contribution is 6.09. The molecule has 186 valence electrons. The van der Waals surface area contributed by atoms with Crippen LogP contribution in [0.3, 0.4) is 0 Å². The molecule has 3 rings (SSSR count). The third kappa shape index (κ3) is 7.08. The van der Waals surface area contributed by atoms with Crippen LogP contribution < -0.4 is 10.2 Å². The molecule has 3 N–H and O–H groups in total. The molecule has 1 aliphatic rings. The van der Waals surface area contributed by atoms with E-state index in [-0.39, 0.29) is 23.3 Å². The van der Waals surface area contributed by atoms with E-state index in [1.807, 2.05) is 27.7 Å². The van der Waals surface area contributed by atoms with Gasteiger partial charge in [-0.1, -0.05) is 13.8 Å². The number of hydrogen-bond donors (Lipinski definition) is 3. The molecule has 0 unspecified atom stereocenters. The Labute approximate surface area is 201 Å². The zero-order valence-electron chi connectivity index (χ0n) is 21.0. The van der Waals surface area contributed by atoms with Crippen LogP contribution in [0.15, 0.2) is 30.3 Å². The first kappa shape index (κ1) is 27.4. The van der Waals surface area contributed by atoms with Crippen LogP contribution >= 0.6 is 0 Å². The predicted molar refractivity (Wildman–Crippen MR) is 135 cm³/mol. The van der Waals surface area contributed by atoms with E-state index in [4.69, 9.17) is 5.41 Å². The van der Waals surface area contributed by atoms with Gasteiger partial charge >= 0.3 is 0 Å². The molecule has 1 aromatic carbocycles. The van der Waals surface area contributed by atoms with Crippen LogP contribution in [0.25, 0.3) is 0 Å². The number of methoxy groups -OCH3 is 1. The number of nitrogens with zero attached hydrogens (tertiary/aromatic N) is 2. The van der Waals surface area contributed by atoms with Crippen molar-refractivity contribution in [1.29, 1.82) is 5.41 Å². The molecule has 0 aliphatic carbocycles. The van der Waals surface area contributed by atoms with E-state index < -0.39 is 5.60 Å². The highest BCUT2D eigenvalue weighted by Gasteiger charge is 2.32. The van der Waals surface area contributed by atoms with Crippen molar-refractivity contribution in [2.24, 2.45) is 11.8 Å². The standard InChI is InChI=1S/C24H31FN4O2.C2H6O/c1-15(2)22(26)21-20(29-11-9-16(10-12-29)24(3,4)31)13-19(14-30)28-23(21)27-18-7-5-17(25)6-8-18;1-3-2/h5-8,13-16,26,31H,9-12H2,1-4H3,(H,27,28);1-2H3. The van der Waals surface area contributed by atoms with Crippen LogP contribution in [0.5, 0.6) is 0 Å². The lowest BCUT2D eigenvalue weighted by atomic mass is 9.83. The molecular formula is C26H37FN4O3. The summed E-state index contributed by atoms with van der Waals surface area (Å²) in [5.41, 5.74) is 2.00. The van der Waals surface area contributed by atoms with E-state index in [0.29, 0.717) is 42.2 Å². The molecule has 1 aliphatic heterocycles. The summed E-state index contributed by atoms with van der Waals surface area (Å²) >= 11 is 0. The zero-order chi connectivity index (χ0) is 25.5. The Balaban J connectivity index is 0.00000129. The van der Waals surface area contributed by atoms with Crippen molar-refractivity contribution in [2.45, 2.75) is 46.1 Å². The van der Waals surface area contributed by atoms with Crippen molar-refractivity contribution in [3.8, 4) is 0 Å². The van der Waals surface area contributed by atoms with Crippen LogP contribution in [-0.2, 0) is 4.74 Å². The molecular weight excluding hydrogens is 435 g/mol. The van der Waals surface area contributed by atoms with Gasteiger partial charge in [0.2, 0.25) is 0 Å². The lowest BCUT2D eigenvalue weighted by Crippen LogP contribution is -2.42. The second-order valence-electron chi connectivity index (χ2n) is 9.43. The van der Waals surface area contributed by atoms with E-state index in [2.05, 4.69) is 19.9 Å². The fraction of sp³-hybridized carbons (Fsp3) is 0.500. The molecule has 0 spiro atoms. The number of piperidine rings is 1. The summed E-state index contributed by atoms with van der Waals surface area (Å²) in [5, 5.41) is 22.3. The Morgan fingerprint density at radius 1 is 1.26 bits per heavy atom. The van der Waals surface area contributed by atoms with Crippen LogP contribution in [0.2, 0.25) is 0 Å². The number of pyridine rings is 1. The molecule has 1 saturated heterocycles. The van der Waals surface area contributed by atoms with Gasteiger partial charge in [0.1, 0.15) is 17.3 Å². The largest absolute Gasteiger partial charge is 0.390 e. The number of ether oxygens (including phenoxy) is 1. The molecule has 34 heavy (non-hydrogen) atoms. The first-order valence-corrected chi connectivity index (χ1v) is 11.5. The summed E-state index contributed by atoms with van der Waals surface area (Å²) < 4.78 is 17.6. The van der Waals surface area contributed by atoms with Gasteiger partial charge in [0.15, 0.2) is 6.29 Å². The van der Waals surface area contributed by atoms with Crippen LogP contribution in [-0.4, -0.2) is 55.0 Å². The van der Waals surface area contributed by atoms with E-state index in [1.54, 1.807) is 32.4 Å². The van der Waals surface area contributed by atoms with Gasteiger partial charge in [-0.15, -0.1) is 0 Å². The molecule has 0 radical (unpaired) electrons. The minimum absolute atomic E-state index is 0.0506. The summed E-state index contributed by atoms with van der Waals surface area (Å²) in [5.74, 6) is 0.214. The number of rotatable bonds is 7. The molecule has 0 saturated carbocycles. The normalized spacial score (nSPS) is 14.4. The second kappa shape index (κ2) is 12.0. The Bertz CT molecular complexity index is 963. The molecule has 0 amide bonds. The van der Waals surface area contributed by atoms with E-state index >= 15 is 0 Å². The average molecular weight is 473 g/mol. The smallest absolute Gasteiger partial charge is 0.168 e. The van der Waals surface area contributed by atoms with Crippen molar-refractivity contribution >= 4 is 29.2 Å². The van der Waals surface area contributed by atoms with Crippen LogP contribution in [0, 0.1) is 23.1 Å². The maximum absolute atomic E-state index is 13.3. The Hall–Kier alpha value is -2.84. The van der Waals surface area contributed by atoms with E-state index in [0.717, 1.165) is 18.5 Å². The lowest BCUT2D eigenvalue weighted by Gasteiger charge is -2.39. The monoisotopic (exact) mass is 472 g/mol. The summed E-state index contributed by atoms with van der Waals surface area (Å²) in [6, 6.07) is 7.63. The second-order valence-corrected chi connectivity index (χ2v) is 9.43. The third-order valence-corrected chi connectivity index (χ3v) is 5.93. The van der Waals surface area contributed by atoms with Gasteiger partial charge in [-0.05, 0) is 68.9 Å². The maximum Gasteiger partial charge on any atom is 0.168 e. The molecule has 0 atom stereocenters. The Morgan fingerprint density at radius 3 is 2.29 bits per heavy atom. The fourth-order valence-corrected chi connectivity index (χ4v) is 4.00. The molecule has 7 nitrogen and oxygen atoms in total. The summed E-state index contributed by atoms with van der Waals surface area (Å²) in [7, 11) is 3.25. The SMILES string of the molecule is CC(C)C(=N)c1c(N2CCC(C(C)(C)O)CC2)cc(C=O)nc1Nc1ccc(F)cc1.COC. The highest BCUT2D eigenvalue weighted by Crippen LogP contribution is 2.36. The van der Waals surface area contributed by atoms with Gasteiger partial charge in [-0.2, -0.15) is 0 Å². The van der Waals surface area contributed by atoms with Gasteiger partial charge in [0, 0.05) is 38.7 Å². The third-order valence-electron chi connectivity index (χ3n) is 5.93. The summed E-state index contributed by atoms with van der Waals surface area (Å²) in [6.45, 7) is 9.00. The maximum atomic E-state index is 13.3. The van der Waals surface area contributed by atoms with Crippen molar-refractivity contribution < 1.29 is 19.0 Å². The number of benzene rings is 1. The number of nitrogens with one attached hydrogen (secondary N) is 2. The van der Waals surface area contributed by atoms with E-state index in [9.17, 15) is 14.3 Å². The van der Waals surface area contributed by atoms with Gasteiger partial charge in [-0.3, -0.25) is 4.79 Å². The number of hydrogen-bond acceptors (Lipinski definition) is 7. The number of halogens is 1. The van der Waals surface area contributed by atoms with Gasteiger partial charge in [-0.25, -0.2) is 9.37 Å². The summed E-state index contributed by atoms with van der Waals surface area (Å²) in [6.07, 6.45) is 2.33. The first-order chi connectivity index (χ1) is 16.0. The summed E-state index contributed by atoms with van der Waals surface area (Å²) in [4.78, 5) is 18.3. The molecule has 1 fully saturated rings. The van der Waals surface area contributed by atoms with Crippen molar-refractivity contribution in [3.05, 3.63) is 47.4 Å². The zero-order valence-corrected chi connectivity index (χ0v) is 21.0. The minimum atomic E-state index is -0.735. The van der Waals surface area contributed by atoms with Crippen LogP contribution in [0.1, 0.15) is 56.6 Å². The fourth-order valence-electron chi connectivity index (χ4n) is 4.00. The van der Waals surface area contributed by atoms with Gasteiger partial charge < -0.3 is 25.5 Å². The average Bonchev–Trinajstić information content (AvgIpc) is 2.79. The van der Waals surface area contributed by atoms with Crippen molar-refractivity contribution in [3.63, 3.8) is 0 Å². The molecule has 2 heterocycles. The number of aromatic nitrogens is 1. The van der Waals surface area contributed by atoms with Gasteiger partial charge in [0.25, 0.3) is 0 Å². The number of carbonyl (C=O) groups excluding carboxylic acids is 1. The lowest BCUT2D eigenvalue weighted by molar-refractivity contribution is 0.00651. The van der Waals surface area contributed by atoms with Crippen molar-refractivity contribution in [2.75, 3.05) is 37.5 Å². The topological polar surface area (TPSA) is 98.5 Å². The number of aliphatic hydroxyl groups is 1. The Kier molecular flexibility index (Phi) is 9.70. The molecule has 0 bridgehead atoms. The quantitative estimate of drug-likeness (QED) is 0.385. The minimum Gasteiger partial charge on any atom is -0.390 e. The van der Waals surface area contributed by atoms with Crippen LogP contribution in [0.4, 0.5) is 21.6 Å². The molecule has 1 aromatic heterocycles. The highest BCUT2D eigenvalue weighted by atomic mass is 19.1. The number of carbonyl (C=O) groups is 1. The van der Waals surface area contributed by atoms with Gasteiger partial charge in [0.05, 0.1) is 16.9 Å². The molecule has 8 heteroatoms. The van der Waals surface area contributed by atoms with Crippen molar-refractivity contribution in [1.82, 2.24) is 4.98 Å².